The van der Waals surface area contributed by atoms with E-state index in [1.807, 2.05) is 12.1 Å². The molecule has 102 valence electrons. The highest BCUT2D eigenvalue weighted by molar-refractivity contribution is 5.79. The van der Waals surface area contributed by atoms with E-state index in [9.17, 15) is 0 Å². The molecule has 20 heavy (non-hydrogen) atoms. The Labute approximate surface area is 119 Å². The summed E-state index contributed by atoms with van der Waals surface area (Å²) in [5.74, 6) is 0.556. The molecule has 0 radical (unpaired) electrons. The van der Waals surface area contributed by atoms with Gasteiger partial charge in [-0.25, -0.2) is 4.99 Å². The molecule has 0 saturated heterocycles. The van der Waals surface area contributed by atoms with Gasteiger partial charge in [0.15, 0.2) is 5.96 Å². The smallest absolute Gasteiger partial charge is 0.191 e. The monoisotopic (exact) mass is 265 g/mol. The third-order valence-corrected chi connectivity index (χ3v) is 3.90. The van der Waals surface area contributed by atoms with Gasteiger partial charge in [-0.05, 0) is 48.1 Å². The number of hydrogen-bond acceptors (Lipinski definition) is 1. The van der Waals surface area contributed by atoms with E-state index in [0.29, 0.717) is 5.92 Å². The van der Waals surface area contributed by atoms with Gasteiger partial charge in [-0.15, -0.1) is 0 Å². The predicted octanol–water partition coefficient (Wildman–Crippen LogP) is 3.06. The number of fused-ring (bicyclic) bond motifs is 1. The normalized spacial score (nSPS) is 17.3. The quantitative estimate of drug-likeness (QED) is 0.647. The van der Waals surface area contributed by atoms with Gasteiger partial charge in [0.2, 0.25) is 0 Å². The fourth-order valence-corrected chi connectivity index (χ4v) is 3.06. The summed E-state index contributed by atoms with van der Waals surface area (Å²) in [6.07, 6.45) is 3.59. The highest BCUT2D eigenvalue weighted by atomic mass is 15.0. The Kier molecular flexibility index (Phi) is 3.42. The molecule has 3 heteroatoms. The van der Waals surface area contributed by atoms with Crippen molar-refractivity contribution in [1.82, 2.24) is 0 Å². The molecule has 1 atom stereocenters. The van der Waals surface area contributed by atoms with Gasteiger partial charge in [-0.1, -0.05) is 36.4 Å². The molecule has 2 aromatic carbocycles. The van der Waals surface area contributed by atoms with Crippen molar-refractivity contribution < 1.29 is 0 Å². The number of guanidine groups is 1. The summed E-state index contributed by atoms with van der Waals surface area (Å²) in [6, 6.07) is 16.9. The Morgan fingerprint density at radius 3 is 2.75 bits per heavy atom. The lowest BCUT2D eigenvalue weighted by Gasteiger charge is -2.26. The van der Waals surface area contributed by atoms with Crippen LogP contribution in [-0.4, -0.2) is 5.96 Å². The van der Waals surface area contributed by atoms with Crippen LogP contribution in [0.4, 0.5) is 5.69 Å². The van der Waals surface area contributed by atoms with Crippen LogP contribution in [0.25, 0.3) is 0 Å². The van der Waals surface area contributed by atoms with Crippen LogP contribution >= 0.6 is 0 Å². The first-order valence-electron chi connectivity index (χ1n) is 7.01. The van der Waals surface area contributed by atoms with Crippen LogP contribution in [0.15, 0.2) is 53.5 Å². The van der Waals surface area contributed by atoms with Crippen molar-refractivity contribution in [3.05, 3.63) is 65.2 Å². The van der Waals surface area contributed by atoms with E-state index in [0.717, 1.165) is 5.69 Å². The third-order valence-electron chi connectivity index (χ3n) is 3.90. The van der Waals surface area contributed by atoms with Crippen molar-refractivity contribution in [3.63, 3.8) is 0 Å². The van der Waals surface area contributed by atoms with Gasteiger partial charge < -0.3 is 11.5 Å². The van der Waals surface area contributed by atoms with Gasteiger partial charge in [-0.2, -0.15) is 0 Å². The first kappa shape index (κ1) is 12.7. The van der Waals surface area contributed by atoms with Crippen molar-refractivity contribution in [2.75, 3.05) is 0 Å². The number of nitrogens with two attached hydrogens (primary N) is 2. The van der Waals surface area contributed by atoms with Gasteiger partial charge in [0.25, 0.3) is 0 Å². The average Bonchev–Trinajstić information content (AvgIpc) is 2.46. The maximum absolute atomic E-state index is 5.46. The van der Waals surface area contributed by atoms with E-state index in [1.54, 1.807) is 0 Å². The molecule has 3 rings (SSSR count). The van der Waals surface area contributed by atoms with Crippen molar-refractivity contribution in [3.8, 4) is 0 Å². The van der Waals surface area contributed by atoms with Crippen molar-refractivity contribution in [1.29, 1.82) is 0 Å². The van der Waals surface area contributed by atoms with Crippen LogP contribution in [0, 0.1) is 0 Å². The fraction of sp³-hybridized carbons (Fsp3) is 0.235. The number of nitrogens with zero attached hydrogens (tertiary/aromatic N) is 1. The molecule has 0 heterocycles. The van der Waals surface area contributed by atoms with E-state index < -0.39 is 0 Å². The topological polar surface area (TPSA) is 64.4 Å². The summed E-state index contributed by atoms with van der Waals surface area (Å²) in [6.45, 7) is 0. The molecule has 1 unspecified atom stereocenters. The molecule has 1 aliphatic carbocycles. The van der Waals surface area contributed by atoms with E-state index in [2.05, 4.69) is 41.4 Å². The molecule has 3 nitrogen and oxygen atoms in total. The Morgan fingerprint density at radius 1 is 1.05 bits per heavy atom. The maximum Gasteiger partial charge on any atom is 0.191 e. The van der Waals surface area contributed by atoms with Crippen LogP contribution in [0.1, 0.15) is 35.4 Å². The fourth-order valence-electron chi connectivity index (χ4n) is 3.06. The van der Waals surface area contributed by atoms with Crippen LogP contribution in [0.5, 0.6) is 0 Å². The number of rotatable bonds is 2. The molecular weight excluding hydrogens is 246 g/mol. The second kappa shape index (κ2) is 5.37. The minimum atomic E-state index is 0.103. The molecule has 0 bridgehead atoms. The second-order valence-electron chi connectivity index (χ2n) is 5.28. The molecule has 2 aromatic rings. The molecule has 0 aromatic heterocycles. The summed E-state index contributed by atoms with van der Waals surface area (Å²) in [5, 5.41) is 0. The number of aryl methyl sites for hydroxylation is 1. The van der Waals surface area contributed by atoms with Gasteiger partial charge in [0, 0.05) is 5.92 Å². The first-order chi connectivity index (χ1) is 9.74. The molecule has 0 amide bonds. The molecule has 0 aliphatic heterocycles. The van der Waals surface area contributed by atoms with Gasteiger partial charge >= 0.3 is 0 Å². The number of aliphatic imine (C=N–C) groups is 1. The Bertz CT molecular complexity index is 642. The van der Waals surface area contributed by atoms with Crippen LogP contribution in [0.2, 0.25) is 0 Å². The lowest BCUT2D eigenvalue weighted by molar-refractivity contribution is 0.616. The van der Waals surface area contributed by atoms with Gasteiger partial charge in [0.1, 0.15) is 0 Å². The molecular formula is C17H19N3. The Morgan fingerprint density at radius 2 is 1.90 bits per heavy atom. The molecule has 0 fully saturated rings. The standard InChI is InChI=1S/C17H19N3/c18-17(19)20-14-8-3-7-13(11-14)16-10-4-6-12-5-1-2-9-15(12)16/h1-3,5,7-9,11,16H,4,6,10H2,(H4,18,19,20). The van der Waals surface area contributed by atoms with Gasteiger partial charge in [-0.3, -0.25) is 0 Å². The summed E-state index contributed by atoms with van der Waals surface area (Å²) < 4.78 is 0. The predicted molar refractivity (Wildman–Crippen MR) is 83.1 cm³/mol. The third kappa shape index (κ3) is 2.52. The molecule has 1 aliphatic rings. The maximum atomic E-state index is 5.46. The van der Waals surface area contributed by atoms with E-state index in [-0.39, 0.29) is 5.96 Å². The van der Waals surface area contributed by atoms with E-state index in [4.69, 9.17) is 11.5 Å². The highest BCUT2D eigenvalue weighted by Crippen LogP contribution is 2.37. The number of hydrogen-bond donors (Lipinski definition) is 2. The number of benzene rings is 2. The summed E-state index contributed by atoms with van der Waals surface area (Å²) >= 11 is 0. The van der Waals surface area contributed by atoms with E-state index in [1.165, 1.54) is 36.0 Å². The minimum Gasteiger partial charge on any atom is -0.370 e. The molecule has 0 spiro atoms. The van der Waals surface area contributed by atoms with Crippen molar-refractivity contribution >= 4 is 11.6 Å². The first-order valence-corrected chi connectivity index (χ1v) is 7.01. The SMILES string of the molecule is NC(N)=Nc1cccc(C2CCCc3ccccc32)c1. The molecule has 0 saturated carbocycles. The zero-order chi connectivity index (χ0) is 13.9. The van der Waals surface area contributed by atoms with Crippen LogP contribution in [0.3, 0.4) is 0 Å². The van der Waals surface area contributed by atoms with Crippen molar-refractivity contribution in [2.24, 2.45) is 16.5 Å². The Hall–Kier alpha value is -2.29. The van der Waals surface area contributed by atoms with Crippen LogP contribution in [-0.2, 0) is 6.42 Å². The second-order valence-corrected chi connectivity index (χ2v) is 5.28. The summed E-state index contributed by atoms with van der Waals surface area (Å²) in [4.78, 5) is 4.14. The average molecular weight is 265 g/mol. The highest BCUT2D eigenvalue weighted by Gasteiger charge is 2.21. The summed E-state index contributed by atoms with van der Waals surface area (Å²) in [5.41, 5.74) is 15.9. The van der Waals surface area contributed by atoms with Gasteiger partial charge in [0.05, 0.1) is 5.69 Å². The summed E-state index contributed by atoms with van der Waals surface area (Å²) in [7, 11) is 0. The Balaban J connectivity index is 2.00. The minimum absolute atomic E-state index is 0.103. The molecule has 4 N–H and O–H groups in total. The lowest BCUT2D eigenvalue weighted by atomic mass is 9.79. The van der Waals surface area contributed by atoms with E-state index >= 15 is 0 Å². The lowest BCUT2D eigenvalue weighted by Crippen LogP contribution is -2.21. The van der Waals surface area contributed by atoms with Crippen molar-refractivity contribution in [2.45, 2.75) is 25.2 Å². The largest absolute Gasteiger partial charge is 0.370 e. The zero-order valence-electron chi connectivity index (χ0n) is 11.4. The zero-order valence-corrected chi connectivity index (χ0v) is 11.4. The van der Waals surface area contributed by atoms with Crippen LogP contribution < -0.4 is 11.5 Å².